The maximum Gasteiger partial charge on any atom is 0.341 e. The summed E-state index contributed by atoms with van der Waals surface area (Å²) in [7, 11) is 1.11. The average molecular weight is 426 g/mol. The van der Waals surface area contributed by atoms with Gasteiger partial charge in [0.15, 0.2) is 0 Å². The number of carbonyl (C=O) groups is 2. The van der Waals surface area contributed by atoms with Crippen molar-refractivity contribution in [3.05, 3.63) is 52.3 Å². The number of nitrogens with one attached hydrogen (secondary N) is 1. The van der Waals surface area contributed by atoms with E-state index >= 15 is 0 Å². The summed E-state index contributed by atoms with van der Waals surface area (Å²) in [5.41, 5.74) is 5.62. The summed E-state index contributed by atoms with van der Waals surface area (Å²) in [5, 5.41) is 11.8. The summed E-state index contributed by atoms with van der Waals surface area (Å²) in [6.45, 7) is 2.62. The number of aliphatic imine (C=N–C) groups is 1. The first-order chi connectivity index (χ1) is 13.5. The number of aromatic nitrogens is 1. The van der Waals surface area contributed by atoms with Crippen LogP contribution in [0.25, 0.3) is 11.1 Å². The second-order valence-electron chi connectivity index (χ2n) is 6.11. The highest BCUT2D eigenvalue weighted by molar-refractivity contribution is 6.31. The highest BCUT2D eigenvalue weighted by Gasteiger charge is 2.21. The number of amides is 3. The number of hydroxylamine groups is 2. The van der Waals surface area contributed by atoms with Gasteiger partial charge in [-0.15, -0.1) is 0 Å². The van der Waals surface area contributed by atoms with Gasteiger partial charge in [0.2, 0.25) is 5.91 Å². The molecule has 1 atom stereocenters. The van der Waals surface area contributed by atoms with E-state index in [1.54, 1.807) is 0 Å². The van der Waals surface area contributed by atoms with Gasteiger partial charge in [0.05, 0.1) is 17.3 Å². The molecule has 0 spiro atoms. The Morgan fingerprint density at radius 3 is 2.52 bits per heavy atom. The Morgan fingerprint density at radius 2 is 1.97 bits per heavy atom. The van der Waals surface area contributed by atoms with Gasteiger partial charge in [-0.25, -0.2) is 18.6 Å². The summed E-state index contributed by atoms with van der Waals surface area (Å²) >= 11 is 5.91. The van der Waals surface area contributed by atoms with Crippen LogP contribution in [0.3, 0.4) is 0 Å². The Bertz CT molecular complexity index is 998. The van der Waals surface area contributed by atoms with Crippen molar-refractivity contribution < 1.29 is 23.6 Å². The second-order valence-corrected chi connectivity index (χ2v) is 6.55. The van der Waals surface area contributed by atoms with Crippen LogP contribution in [0.5, 0.6) is 0 Å². The Morgan fingerprint density at radius 1 is 1.31 bits per heavy atom. The fourth-order valence-corrected chi connectivity index (χ4v) is 2.75. The lowest BCUT2D eigenvalue weighted by Gasteiger charge is -2.17. The molecule has 154 valence electrons. The SMILES string of the molecule is CC(=O)N=C(N)c1c(F)cc(Cl)cc1-c1cnc(C(C)NC(=O)N(C)O)c(F)c1. The molecular formula is C18H18ClF2N5O3. The van der Waals surface area contributed by atoms with E-state index in [1.807, 2.05) is 0 Å². The van der Waals surface area contributed by atoms with Crippen molar-refractivity contribution in [1.82, 2.24) is 15.4 Å². The van der Waals surface area contributed by atoms with Gasteiger partial charge in [-0.05, 0) is 30.7 Å². The van der Waals surface area contributed by atoms with Gasteiger partial charge in [-0.2, -0.15) is 4.99 Å². The number of halogens is 3. The molecule has 1 unspecified atom stereocenters. The molecule has 4 N–H and O–H groups in total. The standard InChI is InChI=1S/C18H18ClF2N5O3/c1-8(24-18(28)26(3)29)16-14(21)4-10(7-23-16)12-5-11(19)6-13(20)15(12)17(22)25-9(2)27/h4-8,29H,1-3H3,(H,24,28)(H2,22,25,27). The third kappa shape index (κ3) is 5.24. The van der Waals surface area contributed by atoms with E-state index in [4.69, 9.17) is 22.5 Å². The maximum atomic E-state index is 14.6. The van der Waals surface area contributed by atoms with Crippen LogP contribution in [0.2, 0.25) is 5.02 Å². The van der Waals surface area contributed by atoms with Crippen LogP contribution in [0.4, 0.5) is 13.6 Å². The first kappa shape index (κ1) is 22.2. The van der Waals surface area contributed by atoms with Gasteiger partial charge in [0.1, 0.15) is 17.5 Å². The third-order valence-electron chi connectivity index (χ3n) is 3.81. The second kappa shape index (κ2) is 8.93. The minimum absolute atomic E-state index is 0.0213. The van der Waals surface area contributed by atoms with E-state index in [0.29, 0.717) is 5.06 Å². The zero-order valence-corrected chi connectivity index (χ0v) is 16.5. The number of benzene rings is 1. The monoisotopic (exact) mass is 425 g/mol. The number of hydrogen-bond acceptors (Lipinski definition) is 4. The quantitative estimate of drug-likeness (QED) is 0.301. The van der Waals surface area contributed by atoms with E-state index in [1.165, 1.54) is 19.2 Å². The van der Waals surface area contributed by atoms with Crippen LogP contribution in [0.1, 0.15) is 31.1 Å². The molecule has 2 rings (SSSR count). The summed E-state index contributed by atoms with van der Waals surface area (Å²) in [6, 6.07) is 1.67. The highest BCUT2D eigenvalue weighted by Crippen LogP contribution is 2.30. The first-order valence-corrected chi connectivity index (χ1v) is 8.62. The zero-order chi connectivity index (χ0) is 21.9. The molecular weight excluding hydrogens is 408 g/mol. The number of rotatable bonds is 4. The number of nitrogens with zero attached hydrogens (tertiary/aromatic N) is 3. The fraction of sp³-hybridized carbons (Fsp3) is 0.222. The molecule has 1 aromatic carbocycles. The summed E-state index contributed by atoms with van der Waals surface area (Å²) in [6.07, 6.45) is 1.24. The van der Waals surface area contributed by atoms with Crippen LogP contribution < -0.4 is 11.1 Å². The van der Waals surface area contributed by atoms with E-state index in [9.17, 15) is 18.4 Å². The molecule has 0 aliphatic carbocycles. The van der Waals surface area contributed by atoms with Crippen molar-refractivity contribution in [2.24, 2.45) is 10.7 Å². The molecule has 3 amide bonds. The first-order valence-electron chi connectivity index (χ1n) is 8.24. The average Bonchev–Trinajstić information content (AvgIpc) is 2.59. The van der Waals surface area contributed by atoms with Gasteiger partial charge in [-0.3, -0.25) is 15.0 Å². The summed E-state index contributed by atoms with van der Waals surface area (Å²) in [4.78, 5) is 30.2. The molecule has 1 heterocycles. The smallest absolute Gasteiger partial charge is 0.341 e. The molecule has 8 nitrogen and oxygen atoms in total. The van der Waals surface area contributed by atoms with Gasteiger partial charge < -0.3 is 11.1 Å². The molecule has 0 fully saturated rings. The Balaban J connectivity index is 2.52. The van der Waals surface area contributed by atoms with Gasteiger partial charge in [0.25, 0.3) is 0 Å². The Labute approximate surface area is 170 Å². The fourth-order valence-electron chi connectivity index (χ4n) is 2.55. The number of carbonyl (C=O) groups excluding carboxylic acids is 2. The van der Waals surface area contributed by atoms with Crippen molar-refractivity contribution in [1.29, 1.82) is 0 Å². The lowest BCUT2D eigenvalue weighted by Crippen LogP contribution is -2.37. The number of hydrogen-bond donors (Lipinski definition) is 3. The van der Waals surface area contributed by atoms with Crippen molar-refractivity contribution in [3.8, 4) is 11.1 Å². The predicted molar refractivity (Wildman–Crippen MR) is 103 cm³/mol. The van der Waals surface area contributed by atoms with Crippen LogP contribution in [0.15, 0.2) is 29.4 Å². The van der Waals surface area contributed by atoms with Crippen molar-refractivity contribution >= 4 is 29.4 Å². The van der Waals surface area contributed by atoms with E-state index in [-0.39, 0.29) is 27.4 Å². The topological polar surface area (TPSA) is 121 Å². The van der Waals surface area contributed by atoms with Crippen molar-refractivity contribution in [3.63, 3.8) is 0 Å². The lowest BCUT2D eigenvalue weighted by molar-refractivity contribution is -0.115. The van der Waals surface area contributed by atoms with Gasteiger partial charge in [0, 0.05) is 30.8 Å². The molecule has 0 aliphatic rings. The van der Waals surface area contributed by atoms with Gasteiger partial charge >= 0.3 is 6.03 Å². The molecule has 2 aromatic rings. The molecule has 29 heavy (non-hydrogen) atoms. The van der Waals surface area contributed by atoms with Crippen LogP contribution in [-0.2, 0) is 4.79 Å². The van der Waals surface area contributed by atoms with E-state index in [2.05, 4.69) is 15.3 Å². The summed E-state index contributed by atoms with van der Waals surface area (Å²) in [5.74, 6) is -2.67. The maximum absolute atomic E-state index is 14.6. The van der Waals surface area contributed by atoms with Crippen LogP contribution in [0, 0.1) is 11.6 Å². The molecule has 1 aromatic heterocycles. The summed E-state index contributed by atoms with van der Waals surface area (Å²) < 4.78 is 29.1. The van der Waals surface area contributed by atoms with E-state index < -0.39 is 35.5 Å². The zero-order valence-electron chi connectivity index (χ0n) is 15.7. The number of urea groups is 1. The minimum Gasteiger partial charge on any atom is -0.383 e. The predicted octanol–water partition coefficient (Wildman–Crippen LogP) is 3.02. The molecule has 0 saturated carbocycles. The minimum atomic E-state index is -0.869. The van der Waals surface area contributed by atoms with Crippen molar-refractivity contribution in [2.45, 2.75) is 19.9 Å². The lowest BCUT2D eigenvalue weighted by atomic mass is 9.99. The Kier molecular flexibility index (Phi) is 6.83. The molecule has 0 bridgehead atoms. The normalized spacial score (nSPS) is 12.4. The largest absolute Gasteiger partial charge is 0.383 e. The Hall–Kier alpha value is -3.11. The van der Waals surface area contributed by atoms with Crippen LogP contribution in [-0.4, -0.2) is 40.1 Å². The van der Waals surface area contributed by atoms with Gasteiger partial charge in [-0.1, -0.05) is 11.6 Å². The van der Waals surface area contributed by atoms with Crippen LogP contribution >= 0.6 is 11.6 Å². The van der Waals surface area contributed by atoms with E-state index in [0.717, 1.165) is 26.1 Å². The third-order valence-corrected chi connectivity index (χ3v) is 4.03. The van der Waals surface area contributed by atoms with Crippen molar-refractivity contribution in [2.75, 3.05) is 7.05 Å². The number of amidine groups is 1. The highest BCUT2D eigenvalue weighted by atomic mass is 35.5. The number of pyridine rings is 1. The number of nitrogens with two attached hydrogens (primary N) is 1. The molecule has 0 radical (unpaired) electrons. The molecule has 0 aliphatic heterocycles. The molecule has 0 saturated heterocycles. The molecule has 11 heteroatoms.